The van der Waals surface area contributed by atoms with Crippen molar-refractivity contribution in [3.63, 3.8) is 0 Å². The molecule has 0 radical (unpaired) electrons. The van der Waals surface area contributed by atoms with Crippen molar-refractivity contribution in [1.82, 2.24) is 9.55 Å². The molecule has 0 saturated carbocycles. The highest BCUT2D eigenvalue weighted by Crippen LogP contribution is 2.33. The number of carbonyl (C=O) groups is 1. The maximum atomic E-state index is 13.6. The number of rotatable bonds is 4. The zero-order valence-corrected chi connectivity index (χ0v) is 14.7. The molecular weight excluding hydrogens is 355 g/mol. The SMILES string of the molecule is CSCCc1nc2ccc(-c3cn(C(=O)O)c4cc(F)ccc34)cc2o1. The van der Waals surface area contributed by atoms with Crippen LogP contribution in [0.25, 0.3) is 33.1 Å². The predicted molar refractivity (Wildman–Crippen MR) is 100 cm³/mol. The first-order valence-corrected chi connectivity index (χ1v) is 9.39. The lowest BCUT2D eigenvalue weighted by Crippen LogP contribution is -2.05. The van der Waals surface area contributed by atoms with E-state index in [1.54, 1.807) is 17.8 Å². The topological polar surface area (TPSA) is 68.3 Å². The monoisotopic (exact) mass is 370 g/mol. The normalized spacial score (nSPS) is 11.5. The van der Waals surface area contributed by atoms with Gasteiger partial charge < -0.3 is 9.52 Å². The molecule has 4 rings (SSSR count). The third-order valence-corrected chi connectivity index (χ3v) is 4.85. The molecule has 0 bridgehead atoms. The second-order valence-corrected chi connectivity index (χ2v) is 6.88. The van der Waals surface area contributed by atoms with Crippen LogP contribution in [0.2, 0.25) is 0 Å². The van der Waals surface area contributed by atoms with Gasteiger partial charge in [0.15, 0.2) is 11.5 Å². The first kappa shape index (κ1) is 16.7. The molecule has 2 aromatic carbocycles. The third kappa shape index (κ3) is 2.84. The molecule has 0 spiro atoms. The van der Waals surface area contributed by atoms with Crippen molar-refractivity contribution < 1.29 is 18.7 Å². The highest BCUT2D eigenvalue weighted by Gasteiger charge is 2.16. The molecule has 0 amide bonds. The summed E-state index contributed by atoms with van der Waals surface area (Å²) < 4.78 is 20.4. The molecule has 26 heavy (non-hydrogen) atoms. The number of hydrogen-bond acceptors (Lipinski definition) is 4. The molecule has 2 heterocycles. The zero-order chi connectivity index (χ0) is 18.3. The first-order valence-electron chi connectivity index (χ1n) is 7.99. The minimum Gasteiger partial charge on any atom is -0.464 e. The van der Waals surface area contributed by atoms with Gasteiger partial charge in [-0.3, -0.25) is 4.57 Å². The number of oxazole rings is 1. The zero-order valence-electron chi connectivity index (χ0n) is 13.9. The number of aromatic nitrogens is 2. The molecule has 132 valence electrons. The van der Waals surface area contributed by atoms with Gasteiger partial charge in [-0.1, -0.05) is 6.07 Å². The first-order chi connectivity index (χ1) is 12.6. The van der Waals surface area contributed by atoms with Gasteiger partial charge in [-0.2, -0.15) is 11.8 Å². The number of nitrogens with zero attached hydrogens (tertiary/aromatic N) is 2. The summed E-state index contributed by atoms with van der Waals surface area (Å²) in [7, 11) is 0. The highest BCUT2D eigenvalue weighted by molar-refractivity contribution is 7.98. The summed E-state index contributed by atoms with van der Waals surface area (Å²) in [6.07, 6.45) is 3.12. The summed E-state index contributed by atoms with van der Waals surface area (Å²) >= 11 is 1.73. The second-order valence-electron chi connectivity index (χ2n) is 5.89. The average Bonchev–Trinajstić information content (AvgIpc) is 3.19. The Morgan fingerprint density at radius 2 is 2.15 bits per heavy atom. The fourth-order valence-electron chi connectivity index (χ4n) is 3.02. The van der Waals surface area contributed by atoms with E-state index in [0.29, 0.717) is 27.9 Å². The number of fused-ring (bicyclic) bond motifs is 2. The van der Waals surface area contributed by atoms with Crippen molar-refractivity contribution in [2.24, 2.45) is 0 Å². The van der Waals surface area contributed by atoms with Crippen LogP contribution in [0.3, 0.4) is 0 Å². The van der Waals surface area contributed by atoms with Crippen LogP contribution in [0.4, 0.5) is 9.18 Å². The van der Waals surface area contributed by atoms with Crippen LogP contribution in [0.15, 0.2) is 47.0 Å². The van der Waals surface area contributed by atoms with Gasteiger partial charge in [0, 0.05) is 29.3 Å². The Labute approximate surface area is 152 Å². The molecule has 4 aromatic rings. The molecule has 0 atom stereocenters. The Morgan fingerprint density at radius 1 is 1.31 bits per heavy atom. The van der Waals surface area contributed by atoms with E-state index in [2.05, 4.69) is 4.98 Å². The van der Waals surface area contributed by atoms with E-state index in [-0.39, 0.29) is 0 Å². The van der Waals surface area contributed by atoms with Crippen LogP contribution in [0.5, 0.6) is 0 Å². The van der Waals surface area contributed by atoms with Crippen molar-refractivity contribution >= 4 is 39.9 Å². The number of carboxylic acid groups (broad SMARTS) is 1. The van der Waals surface area contributed by atoms with Crippen molar-refractivity contribution in [2.45, 2.75) is 6.42 Å². The fraction of sp³-hybridized carbons (Fsp3) is 0.158. The molecule has 0 unspecified atom stereocenters. The van der Waals surface area contributed by atoms with Gasteiger partial charge in [0.25, 0.3) is 0 Å². The number of benzene rings is 2. The predicted octanol–water partition coefficient (Wildman–Crippen LogP) is 5.02. The van der Waals surface area contributed by atoms with E-state index in [1.807, 2.05) is 24.5 Å². The van der Waals surface area contributed by atoms with Crippen LogP contribution in [-0.2, 0) is 6.42 Å². The fourth-order valence-corrected chi connectivity index (χ4v) is 3.40. The summed E-state index contributed by atoms with van der Waals surface area (Å²) in [6.45, 7) is 0. The van der Waals surface area contributed by atoms with Gasteiger partial charge in [0.2, 0.25) is 0 Å². The largest absolute Gasteiger partial charge is 0.464 e. The van der Waals surface area contributed by atoms with Crippen molar-refractivity contribution in [3.8, 4) is 11.1 Å². The maximum absolute atomic E-state index is 13.6. The van der Waals surface area contributed by atoms with Crippen LogP contribution in [-0.4, -0.2) is 32.8 Å². The molecule has 1 N–H and O–H groups in total. The van der Waals surface area contributed by atoms with Gasteiger partial charge in [-0.15, -0.1) is 0 Å². The molecule has 5 nitrogen and oxygen atoms in total. The highest BCUT2D eigenvalue weighted by atomic mass is 32.2. The molecule has 0 aliphatic heterocycles. The molecular formula is C19H15FN2O3S. The maximum Gasteiger partial charge on any atom is 0.416 e. The minimum absolute atomic E-state index is 0.311. The quantitative estimate of drug-likeness (QED) is 0.546. The Balaban J connectivity index is 1.85. The Morgan fingerprint density at radius 3 is 2.92 bits per heavy atom. The number of halogens is 1. The number of aryl methyl sites for hydroxylation is 1. The minimum atomic E-state index is -1.16. The molecule has 0 aliphatic rings. The van der Waals surface area contributed by atoms with Crippen molar-refractivity contribution in [2.75, 3.05) is 12.0 Å². The van der Waals surface area contributed by atoms with E-state index < -0.39 is 11.9 Å². The molecule has 0 saturated heterocycles. The van der Waals surface area contributed by atoms with Crippen molar-refractivity contribution in [1.29, 1.82) is 0 Å². The summed E-state index contributed by atoms with van der Waals surface area (Å²) in [4.78, 5) is 16.0. The van der Waals surface area contributed by atoms with Gasteiger partial charge in [-0.05, 0) is 42.2 Å². The Bertz CT molecular complexity index is 1130. The summed E-state index contributed by atoms with van der Waals surface area (Å²) in [5.41, 5.74) is 3.22. The Kier molecular flexibility index (Phi) is 4.16. The van der Waals surface area contributed by atoms with E-state index in [4.69, 9.17) is 4.42 Å². The molecule has 7 heteroatoms. The summed E-state index contributed by atoms with van der Waals surface area (Å²) in [5.74, 6) is 1.13. The van der Waals surface area contributed by atoms with E-state index in [9.17, 15) is 14.3 Å². The summed E-state index contributed by atoms with van der Waals surface area (Å²) in [5, 5.41) is 10.1. The lowest BCUT2D eigenvalue weighted by Gasteiger charge is -1.99. The third-order valence-electron chi connectivity index (χ3n) is 4.24. The summed E-state index contributed by atoms with van der Waals surface area (Å²) in [6, 6.07) is 9.70. The molecule has 0 aliphatic carbocycles. The van der Waals surface area contributed by atoms with Crippen molar-refractivity contribution in [3.05, 3.63) is 54.3 Å². The lowest BCUT2D eigenvalue weighted by atomic mass is 10.0. The second kappa shape index (κ2) is 6.49. The van der Waals surface area contributed by atoms with Crippen LogP contribution >= 0.6 is 11.8 Å². The lowest BCUT2D eigenvalue weighted by molar-refractivity contribution is 0.197. The van der Waals surface area contributed by atoms with Gasteiger partial charge >= 0.3 is 6.09 Å². The standard InChI is InChI=1S/C19H15FN2O3S/c1-26-7-6-18-21-15-5-2-11(8-17(15)25-18)14-10-22(19(23)24)16-9-12(20)3-4-13(14)16/h2-5,8-10H,6-7H2,1H3,(H,23,24). The van der Waals surface area contributed by atoms with E-state index >= 15 is 0 Å². The van der Waals surface area contributed by atoms with Gasteiger partial charge in [0.05, 0.1) is 5.52 Å². The van der Waals surface area contributed by atoms with Crippen LogP contribution in [0, 0.1) is 5.82 Å². The number of thioether (sulfide) groups is 1. The van der Waals surface area contributed by atoms with Gasteiger partial charge in [0.1, 0.15) is 11.3 Å². The van der Waals surface area contributed by atoms with E-state index in [0.717, 1.165) is 27.8 Å². The average molecular weight is 370 g/mol. The molecule has 2 aromatic heterocycles. The van der Waals surface area contributed by atoms with Crippen LogP contribution < -0.4 is 0 Å². The smallest absolute Gasteiger partial charge is 0.416 e. The van der Waals surface area contributed by atoms with Gasteiger partial charge in [-0.25, -0.2) is 14.2 Å². The van der Waals surface area contributed by atoms with E-state index in [1.165, 1.54) is 18.3 Å². The van der Waals surface area contributed by atoms with Crippen LogP contribution in [0.1, 0.15) is 5.89 Å². The Hall–Kier alpha value is -2.80. The molecule has 0 fully saturated rings. The number of hydrogen-bond donors (Lipinski definition) is 1.